The molecule has 2 fully saturated rings. The van der Waals surface area contributed by atoms with Crippen LogP contribution in [0, 0.1) is 22.6 Å². The molecule has 2 aromatic heterocycles. The topological polar surface area (TPSA) is 116 Å². The van der Waals surface area contributed by atoms with Crippen molar-refractivity contribution < 1.29 is 18.7 Å². The van der Waals surface area contributed by atoms with E-state index in [0.29, 0.717) is 11.6 Å². The van der Waals surface area contributed by atoms with Crippen LogP contribution in [-0.2, 0) is 13.0 Å². The average Bonchev–Trinajstić information content (AvgIpc) is 2.93. The van der Waals surface area contributed by atoms with E-state index in [4.69, 9.17) is 9.47 Å². The van der Waals surface area contributed by atoms with Crippen molar-refractivity contribution in [2.24, 2.45) is 5.41 Å². The quantitative estimate of drug-likeness (QED) is 0.412. The van der Waals surface area contributed by atoms with Crippen LogP contribution in [0.15, 0.2) is 43.0 Å². The van der Waals surface area contributed by atoms with Crippen molar-refractivity contribution >= 4 is 11.7 Å². The molecule has 1 saturated carbocycles. The molecular formula is C30H32FN7O3. The SMILES string of the molecule is CC(C)N(CC#N)C(=O)c1cc(F)ccc1Oc1cncnc1N1CC2(CC(Oc3ccnc4c3CNCC4)C2)C1. The monoisotopic (exact) mass is 557 g/mol. The third-order valence-corrected chi connectivity index (χ3v) is 8.09. The molecule has 1 aromatic carbocycles. The van der Waals surface area contributed by atoms with Gasteiger partial charge in [0.15, 0.2) is 11.6 Å². The molecule has 212 valence electrons. The Balaban J connectivity index is 1.13. The van der Waals surface area contributed by atoms with Crippen LogP contribution in [0.4, 0.5) is 10.2 Å². The molecule has 10 nitrogen and oxygen atoms in total. The molecule has 1 aliphatic carbocycles. The van der Waals surface area contributed by atoms with Crippen LogP contribution < -0.4 is 19.7 Å². The number of rotatable bonds is 8. The van der Waals surface area contributed by atoms with Crippen molar-refractivity contribution in [3.8, 4) is 23.3 Å². The van der Waals surface area contributed by atoms with Gasteiger partial charge in [0.05, 0.1) is 17.8 Å². The number of hydrogen-bond donors (Lipinski definition) is 1. The normalized spacial score (nSPS) is 17.3. The summed E-state index contributed by atoms with van der Waals surface area (Å²) in [7, 11) is 0. The summed E-state index contributed by atoms with van der Waals surface area (Å²) in [6.45, 7) is 6.82. The minimum absolute atomic E-state index is 0.0383. The summed E-state index contributed by atoms with van der Waals surface area (Å²) < 4.78 is 26.8. The zero-order chi connectivity index (χ0) is 28.6. The molecule has 3 aliphatic rings. The summed E-state index contributed by atoms with van der Waals surface area (Å²) in [5, 5.41) is 12.6. The van der Waals surface area contributed by atoms with Gasteiger partial charge in [0.2, 0.25) is 0 Å². The maximum absolute atomic E-state index is 14.2. The predicted octanol–water partition coefficient (Wildman–Crippen LogP) is 3.87. The van der Waals surface area contributed by atoms with Crippen LogP contribution in [-0.4, -0.2) is 64.1 Å². The number of benzene rings is 1. The second kappa shape index (κ2) is 10.9. The first-order chi connectivity index (χ1) is 19.9. The van der Waals surface area contributed by atoms with E-state index in [9.17, 15) is 14.4 Å². The molecule has 6 rings (SSSR count). The molecule has 3 aromatic rings. The molecule has 4 heterocycles. The summed E-state index contributed by atoms with van der Waals surface area (Å²) in [5.41, 5.74) is 2.48. The van der Waals surface area contributed by atoms with Crippen molar-refractivity contribution in [1.29, 1.82) is 5.26 Å². The Morgan fingerprint density at radius 1 is 1.24 bits per heavy atom. The predicted molar refractivity (Wildman–Crippen MR) is 148 cm³/mol. The van der Waals surface area contributed by atoms with E-state index in [0.717, 1.165) is 63.0 Å². The van der Waals surface area contributed by atoms with Gasteiger partial charge in [-0.1, -0.05) is 0 Å². The van der Waals surface area contributed by atoms with Gasteiger partial charge < -0.3 is 24.6 Å². The Bertz CT molecular complexity index is 1490. The third kappa shape index (κ3) is 5.27. The number of pyridine rings is 1. The third-order valence-electron chi connectivity index (χ3n) is 8.09. The molecular weight excluding hydrogens is 525 g/mol. The number of carbonyl (C=O) groups excluding carboxylic acids is 1. The van der Waals surface area contributed by atoms with E-state index in [2.05, 4.69) is 25.2 Å². The molecule has 0 atom stereocenters. The van der Waals surface area contributed by atoms with Gasteiger partial charge in [0, 0.05) is 61.5 Å². The number of nitrogens with zero attached hydrogens (tertiary/aromatic N) is 6. The van der Waals surface area contributed by atoms with Gasteiger partial charge >= 0.3 is 0 Å². The van der Waals surface area contributed by atoms with E-state index in [1.807, 2.05) is 18.3 Å². The Morgan fingerprint density at radius 2 is 2.07 bits per heavy atom. The van der Waals surface area contributed by atoms with Crippen molar-refractivity contribution in [1.82, 2.24) is 25.2 Å². The van der Waals surface area contributed by atoms with Crippen LogP contribution in [0.25, 0.3) is 0 Å². The highest BCUT2D eigenvalue weighted by Gasteiger charge is 2.54. The molecule has 1 amide bonds. The fourth-order valence-electron chi connectivity index (χ4n) is 6.01. The van der Waals surface area contributed by atoms with Crippen molar-refractivity contribution in [2.75, 3.05) is 31.1 Å². The lowest BCUT2D eigenvalue weighted by Gasteiger charge is -2.59. The van der Waals surface area contributed by atoms with E-state index in [1.165, 1.54) is 28.9 Å². The van der Waals surface area contributed by atoms with Gasteiger partial charge in [-0.15, -0.1) is 0 Å². The number of hydrogen-bond acceptors (Lipinski definition) is 9. The Morgan fingerprint density at radius 3 is 2.85 bits per heavy atom. The Labute approximate surface area is 238 Å². The number of anilines is 1. The number of nitriles is 1. The molecule has 0 radical (unpaired) electrons. The largest absolute Gasteiger partial charge is 0.490 e. The van der Waals surface area contributed by atoms with Crippen molar-refractivity contribution in [3.63, 3.8) is 0 Å². The van der Waals surface area contributed by atoms with Crippen molar-refractivity contribution in [3.05, 3.63) is 65.6 Å². The van der Waals surface area contributed by atoms with Gasteiger partial charge in [-0.2, -0.15) is 5.26 Å². The summed E-state index contributed by atoms with van der Waals surface area (Å²) in [5.74, 6) is 1.05. The van der Waals surface area contributed by atoms with Gasteiger partial charge in [0.25, 0.3) is 5.91 Å². The molecule has 11 heteroatoms. The van der Waals surface area contributed by atoms with Crippen LogP contribution in [0.3, 0.4) is 0 Å². The lowest BCUT2D eigenvalue weighted by Crippen LogP contribution is -2.65. The Kier molecular flexibility index (Phi) is 7.17. The smallest absolute Gasteiger partial charge is 0.258 e. The van der Waals surface area contributed by atoms with Gasteiger partial charge in [-0.05, 0) is 51.0 Å². The second-order valence-electron chi connectivity index (χ2n) is 11.3. The first kappa shape index (κ1) is 26.9. The molecule has 0 bridgehead atoms. The first-order valence-electron chi connectivity index (χ1n) is 13.9. The van der Waals surface area contributed by atoms with Gasteiger partial charge in [-0.3, -0.25) is 9.78 Å². The maximum atomic E-state index is 14.2. The zero-order valence-corrected chi connectivity index (χ0v) is 23.1. The molecule has 1 N–H and O–H groups in total. The van der Waals surface area contributed by atoms with E-state index < -0.39 is 11.7 Å². The summed E-state index contributed by atoms with van der Waals surface area (Å²) in [4.78, 5) is 29.9. The number of halogens is 1. The zero-order valence-electron chi connectivity index (χ0n) is 23.1. The summed E-state index contributed by atoms with van der Waals surface area (Å²) in [6, 6.07) is 7.51. The van der Waals surface area contributed by atoms with E-state index in [-0.39, 0.29) is 35.4 Å². The lowest BCUT2D eigenvalue weighted by atomic mass is 9.61. The number of ether oxygens (including phenoxy) is 2. The first-order valence-corrected chi connectivity index (χ1v) is 13.9. The number of aromatic nitrogens is 3. The lowest BCUT2D eigenvalue weighted by molar-refractivity contribution is -0.0349. The fourth-order valence-corrected chi connectivity index (χ4v) is 6.01. The van der Waals surface area contributed by atoms with Crippen LogP contribution in [0.5, 0.6) is 17.2 Å². The second-order valence-corrected chi connectivity index (χ2v) is 11.3. The molecule has 2 aliphatic heterocycles. The van der Waals surface area contributed by atoms with Gasteiger partial charge in [0.1, 0.15) is 36.3 Å². The summed E-state index contributed by atoms with van der Waals surface area (Å²) in [6.07, 6.45) is 7.84. The van der Waals surface area contributed by atoms with E-state index in [1.54, 1.807) is 20.0 Å². The minimum atomic E-state index is -0.569. The van der Waals surface area contributed by atoms with Crippen LogP contribution in [0.2, 0.25) is 0 Å². The van der Waals surface area contributed by atoms with E-state index >= 15 is 0 Å². The highest BCUT2D eigenvalue weighted by Crippen LogP contribution is 2.52. The van der Waals surface area contributed by atoms with Crippen LogP contribution >= 0.6 is 0 Å². The highest BCUT2D eigenvalue weighted by atomic mass is 19.1. The molecule has 1 spiro atoms. The number of fused-ring (bicyclic) bond motifs is 1. The number of nitrogens with one attached hydrogen (secondary N) is 1. The Hall–Kier alpha value is -4.30. The van der Waals surface area contributed by atoms with Gasteiger partial charge in [-0.25, -0.2) is 14.4 Å². The van der Waals surface area contributed by atoms with Crippen LogP contribution in [0.1, 0.15) is 48.3 Å². The summed E-state index contributed by atoms with van der Waals surface area (Å²) >= 11 is 0. The average molecular weight is 558 g/mol. The van der Waals surface area contributed by atoms with Crippen molar-refractivity contribution in [2.45, 2.75) is 51.8 Å². The molecule has 41 heavy (non-hydrogen) atoms. The highest BCUT2D eigenvalue weighted by molar-refractivity contribution is 5.97. The maximum Gasteiger partial charge on any atom is 0.258 e. The minimum Gasteiger partial charge on any atom is -0.490 e. The number of amides is 1. The fraction of sp³-hybridized carbons (Fsp3) is 0.433. The standard InChI is InChI=1S/C30H32FN7O3/c1-19(2)38(10-7-32)29(39)22-11-20(31)3-4-25(22)41-27-15-34-18-36-28(27)37-16-30(17-37)12-21(13-30)40-26-6-9-35-24-5-8-33-14-23(24)26/h3-4,6,9,11,15,18-19,21,33H,5,8,10,12-14,16-17H2,1-2H3. The molecule has 1 saturated heterocycles. The number of carbonyl (C=O) groups is 1. The molecule has 0 unspecified atom stereocenters.